The van der Waals surface area contributed by atoms with Crippen LogP contribution in [0.15, 0.2) is 22.2 Å². The fraction of sp³-hybridized carbons (Fsp3) is 0.467. The fourth-order valence-corrected chi connectivity index (χ4v) is 4.30. The molecular weight excluding hydrogens is 304 g/mol. The third-order valence-electron chi connectivity index (χ3n) is 3.90. The molecule has 1 fully saturated rings. The van der Waals surface area contributed by atoms with Gasteiger partial charge in [0.25, 0.3) is 0 Å². The van der Waals surface area contributed by atoms with Crippen LogP contribution >= 0.6 is 22.7 Å². The molecule has 1 saturated heterocycles. The Hall–Kier alpha value is -1.24. The maximum Gasteiger partial charge on any atom is 0.310 e. The van der Waals surface area contributed by atoms with Crippen molar-refractivity contribution in [3.05, 3.63) is 27.9 Å². The van der Waals surface area contributed by atoms with Crippen LogP contribution in [0, 0.1) is 11.8 Å². The molecule has 1 aliphatic rings. The maximum atomic E-state index is 11.7. The van der Waals surface area contributed by atoms with Gasteiger partial charge in [-0.3, -0.25) is 9.69 Å². The standard InChI is InChI=1S/C15H18N2O2S2/c1-10-5-17(7-13(10)15(18)19-2)6-12-9-21-14(16-12)11-3-4-20-8-11/h3-4,8-10,13H,5-7H2,1-2H3. The van der Waals surface area contributed by atoms with Crippen molar-refractivity contribution in [3.63, 3.8) is 0 Å². The van der Waals surface area contributed by atoms with Crippen molar-refractivity contribution in [3.8, 4) is 10.6 Å². The van der Waals surface area contributed by atoms with Gasteiger partial charge in [0.05, 0.1) is 18.7 Å². The molecule has 112 valence electrons. The van der Waals surface area contributed by atoms with Crippen molar-refractivity contribution in [2.24, 2.45) is 11.8 Å². The van der Waals surface area contributed by atoms with Crippen molar-refractivity contribution < 1.29 is 9.53 Å². The number of likely N-dealkylation sites (tertiary alicyclic amines) is 1. The molecule has 0 saturated carbocycles. The Balaban J connectivity index is 1.64. The summed E-state index contributed by atoms with van der Waals surface area (Å²) in [5, 5.41) is 7.37. The lowest BCUT2D eigenvalue weighted by Gasteiger charge is -2.13. The van der Waals surface area contributed by atoms with Crippen LogP contribution in [0.1, 0.15) is 12.6 Å². The van der Waals surface area contributed by atoms with Crippen molar-refractivity contribution in [2.75, 3.05) is 20.2 Å². The van der Waals surface area contributed by atoms with Crippen LogP contribution in [0.5, 0.6) is 0 Å². The number of rotatable bonds is 4. The zero-order chi connectivity index (χ0) is 14.8. The number of hydrogen-bond donors (Lipinski definition) is 0. The molecule has 3 heterocycles. The summed E-state index contributed by atoms with van der Waals surface area (Å²) < 4.78 is 4.88. The first-order chi connectivity index (χ1) is 10.2. The molecule has 2 unspecified atom stereocenters. The van der Waals surface area contributed by atoms with Crippen LogP contribution in [0.4, 0.5) is 0 Å². The Morgan fingerprint density at radius 1 is 1.48 bits per heavy atom. The van der Waals surface area contributed by atoms with E-state index in [1.807, 2.05) is 0 Å². The molecule has 0 aliphatic carbocycles. The fourth-order valence-electron chi connectivity index (χ4n) is 2.78. The van der Waals surface area contributed by atoms with E-state index in [9.17, 15) is 4.79 Å². The van der Waals surface area contributed by atoms with Gasteiger partial charge in [0, 0.05) is 36.0 Å². The number of methoxy groups -OCH3 is 1. The van der Waals surface area contributed by atoms with Crippen LogP contribution in [-0.4, -0.2) is 36.1 Å². The molecule has 0 bridgehead atoms. The monoisotopic (exact) mass is 322 g/mol. The highest BCUT2D eigenvalue weighted by molar-refractivity contribution is 7.14. The van der Waals surface area contributed by atoms with E-state index in [0.717, 1.165) is 30.3 Å². The number of carbonyl (C=O) groups is 1. The van der Waals surface area contributed by atoms with E-state index >= 15 is 0 Å². The van der Waals surface area contributed by atoms with Crippen LogP contribution in [0.2, 0.25) is 0 Å². The van der Waals surface area contributed by atoms with E-state index in [1.165, 1.54) is 12.7 Å². The highest BCUT2D eigenvalue weighted by Gasteiger charge is 2.35. The third-order valence-corrected chi connectivity index (χ3v) is 5.52. The summed E-state index contributed by atoms with van der Waals surface area (Å²) in [4.78, 5) is 18.7. The molecule has 4 nitrogen and oxygen atoms in total. The SMILES string of the molecule is COC(=O)C1CN(Cc2csc(-c3ccsc3)n2)CC1C. The third kappa shape index (κ3) is 3.17. The van der Waals surface area contributed by atoms with Crippen molar-refractivity contribution >= 4 is 28.6 Å². The second-order valence-corrected chi connectivity index (χ2v) is 7.10. The quantitative estimate of drug-likeness (QED) is 0.811. The second kappa shape index (κ2) is 6.25. The molecule has 0 spiro atoms. The predicted octanol–water partition coefficient (Wildman–Crippen LogP) is 3.11. The van der Waals surface area contributed by atoms with Gasteiger partial charge in [-0.1, -0.05) is 6.92 Å². The first-order valence-corrected chi connectivity index (χ1v) is 8.76. The molecule has 2 aromatic rings. The normalized spacial score (nSPS) is 22.6. The Bertz CT molecular complexity index is 609. The minimum atomic E-state index is -0.0951. The molecule has 6 heteroatoms. The van der Waals surface area contributed by atoms with Crippen molar-refractivity contribution in [2.45, 2.75) is 13.5 Å². The van der Waals surface area contributed by atoms with Gasteiger partial charge in [0.1, 0.15) is 5.01 Å². The van der Waals surface area contributed by atoms with Gasteiger partial charge < -0.3 is 4.74 Å². The molecule has 21 heavy (non-hydrogen) atoms. The minimum absolute atomic E-state index is 0.00928. The number of carbonyl (C=O) groups excluding carboxylic acids is 1. The number of aromatic nitrogens is 1. The molecule has 1 aliphatic heterocycles. The largest absolute Gasteiger partial charge is 0.469 e. The minimum Gasteiger partial charge on any atom is -0.469 e. The van der Waals surface area contributed by atoms with Crippen LogP contribution in [0.25, 0.3) is 10.6 Å². The van der Waals surface area contributed by atoms with Crippen LogP contribution in [-0.2, 0) is 16.1 Å². The summed E-state index contributed by atoms with van der Waals surface area (Å²) in [6.07, 6.45) is 0. The van der Waals surface area contributed by atoms with Gasteiger partial charge in [0.15, 0.2) is 0 Å². The van der Waals surface area contributed by atoms with Gasteiger partial charge in [-0.25, -0.2) is 4.98 Å². The number of ether oxygens (including phenoxy) is 1. The van der Waals surface area contributed by atoms with E-state index in [0.29, 0.717) is 5.92 Å². The lowest BCUT2D eigenvalue weighted by molar-refractivity contribution is -0.146. The summed E-state index contributed by atoms with van der Waals surface area (Å²) in [5.74, 6) is 0.236. The Morgan fingerprint density at radius 2 is 2.33 bits per heavy atom. The molecule has 2 aromatic heterocycles. The lowest BCUT2D eigenvalue weighted by Crippen LogP contribution is -2.24. The van der Waals surface area contributed by atoms with E-state index < -0.39 is 0 Å². The zero-order valence-corrected chi connectivity index (χ0v) is 13.7. The van der Waals surface area contributed by atoms with Gasteiger partial charge in [-0.05, 0) is 17.4 Å². The summed E-state index contributed by atoms with van der Waals surface area (Å²) in [5.41, 5.74) is 2.28. The van der Waals surface area contributed by atoms with Gasteiger partial charge in [-0.2, -0.15) is 11.3 Å². The highest BCUT2D eigenvalue weighted by Crippen LogP contribution is 2.28. The average molecular weight is 322 g/mol. The predicted molar refractivity (Wildman–Crippen MR) is 85.4 cm³/mol. The number of thiazole rings is 1. The van der Waals surface area contributed by atoms with Gasteiger partial charge in [0.2, 0.25) is 0 Å². The van der Waals surface area contributed by atoms with E-state index in [1.54, 1.807) is 22.7 Å². The number of esters is 1. The van der Waals surface area contributed by atoms with Crippen molar-refractivity contribution in [1.82, 2.24) is 9.88 Å². The zero-order valence-electron chi connectivity index (χ0n) is 12.1. The molecule has 0 radical (unpaired) electrons. The maximum absolute atomic E-state index is 11.7. The molecule has 0 N–H and O–H groups in total. The molecule has 0 amide bonds. The summed E-state index contributed by atoms with van der Waals surface area (Å²) in [6, 6.07) is 2.10. The Kier molecular flexibility index (Phi) is 4.37. The van der Waals surface area contributed by atoms with Crippen LogP contribution in [0.3, 0.4) is 0 Å². The van der Waals surface area contributed by atoms with Gasteiger partial charge >= 0.3 is 5.97 Å². The Labute approximate surface area is 132 Å². The van der Waals surface area contributed by atoms with E-state index in [-0.39, 0.29) is 11.9 Å². The number of hydrogen-bond acceptors (Lipinski definition) is 6. The molecule has 2 atom stereocenters. The Morgan fingerprint density at radius 3 is 3.05 bits per heavy atom. The van der Waals surface area contributed by atoms with E-state index in [4.69, 9.17) is 9.72 Å². The second-order valence-electron chi connectivity index (χ2n) is 5.46. The smallest absolute Gasteiger partial charge is 0.310 e. The van der Waals surface area contributed by atoms with Crippen LogP contribution < -0.4 is 0 Å². The first-order valence-electron chi connectivity index (χ1n) is 6.94. The molecular formula is C15H18N2O2S2. The number of thiophene rings is 1. The van der Waals surface area contributed by atoms with Gasteiger partial charge in [-0.15, -0.1) is 11.3 Å². The van der Waals surface area contributed by atoms with E-state index in [2.05, 4.69) is 34.0 Å². The molecule has 3 rings (SSSR count). The topological polar surface area (TPSA) is 42.4 Å². The summed E-state index contributed by atoms with van der Waals surface area (Å²) in [6.45, 7) is 4.60. The summed E-state index contributed by atoms with van der Waals surface area (Å²) in [7, 11) is 1.46. The molecule has 0 aromatic carbocycles. The number of nitrogens with zero attached hydrogens (tertiary/aromatic N) is 2. The highest BCUT2D eigenvalue weighted by atomic mass is 32.1. The first kappa shape index (κ1) is 14.7. The lowest BCUT2D eigenvalue weighted by atomic mass is 9.99. The average Bonchev–Trinajstić information content (AvgIpc) is 3.18. The van der Waals surface area contributed by atoms with Crippen molar-refractivity contribution in [1.29, 1.82) is 0 Å². The summed E-state index contributed by atoms with van der Waals surface area (Å²) >= 11 is 3.37.